The van der Waals surface area contributed by atoms with Crippen molar-refractivity contribution in [2.45, 2.75) is 51.2 Å². The number of nitrogens with zero attached hydrogens (tertiary/aromatic N) is 2. The highest BCUT2D eigenvalue weighted by Crippen LogP contribution is 2.23. The Kier molecular flexibility index (Phi) is 11.2. The van der Waals surface area contributed by atoms with Crippen LogP contribution in [0.15, 0.2) is 4.99 Å². The number of hydrogen-bond acceptors (Lipinski definition) is 2. The highest BCUT2D eigenvalue weighted by molar-refractivity contribution is 14.0. The summed E-state index contributed by atoms with van der Waals surface area (Å²) in [6, 6.07) is 0.454. The van der Waals surface area contributed by atoms with Crippen LogP contribution in [0.25, 0.3) is 0 Å². The Balaban J connectivity index is 0.00000484. The minimum absolute atomic E-state index is 0. The normalized spacial score (nSPS) is 22.7. The monoisotopic (exact) mass is 450 g/mol. The van der Waals surface area contributed by atoms with E-state index in [1.807, 2.05) is 0 Å². The average Bonchev–Trinajstić information content (AvgIpc) is 2.42. The summed E-state index contributed by atoms with van der Waals surface area (Å²) in [7, 11) is 3.21. The molecular formula is C15H30F3IN4. The molecule has 0 saturated heterocycles. The molecule has 0 aliphatic heterocycles. The molecule has 4 nitrogen and oxygen atoms in total. The van der Waals surface area contributed by atoms with Gasteiger partial charge in [0.2, 0.25) is 0 Å². The fourth-order valence-corrected chi connectivity index (χ4v) is 2.73. The van der Waals surface area contributed by atoms with Gasteiger partial charge in [-0.05, 0) is 51.6 Å². The van der Waals surface area contributed by atoms with Crippen LogP contribution in [0, 0.1) is 5.92 Å². The van der Waals surface area contributed by atoms with Gasteiger partial charge in [0.1, 0.15) is 0 Å². The second-order valence-electron chi connectivity index (χ2n) is 6.31. The molecule has 0 spiro atoms. The molecule has 0 amide bonds. The highest BCUT2D eigenvalue weighted by Gasteiger charge is 2.28. The van der Waals surface area contributed by atoms with Gasteiger partial charge in [0.25, 0.3) is 0 Å². The summed E-state index contributed by atoms with van der Waals surface area (Å²) < 4.78 is 36.6. The van der Waals surface area contributed by atoms with Crippen molar-refractivity contribution in [1.82, 2.24) is 15.5 Å². The molecule has 1 aliphatic carbocycles. The van der Waals surface area contributed by atoms with Gasteiger partial charge in [-0.1, -0.05) is 6.92 Å². The fraction of sp³-hybridized carbons (Fsp3) is 0.933. The van der Waals surface area contributed by atoms with E-state index in [-0.39, 0.29) is 24.0 Å². The average molecular weight is 450 g/mol. The van der Waals surface area contributed by atoms with Crippen LogP contribution in [0.3, 0.4) is 0 Å². The maximum absolute atomic E-state index is 12.2. The molecule has 2 N–H and O–H groups in total. The molecule has 0 heterocycles. The number of guanidine groups is 1. The quantitative estimate of drug-likeness (QED) is 0.283. The van der Waals surface area contributed by atoms with E-state index < -0.39 is 12.7 Å². The number of nitrogens with one attached hydrogen (secondary N) is 2. The standard InChI is InChI=1S/C15H29F3N4.HI/c1-12-5-7-13(8-6-12)21-14(19-2)20-9-4-10-22(3)11-15(16,17)18;/h12-13H,4-11H2,1-3H3,(H2,19,20,21);1H. The molecule has 0 atom stereocenters. The number of aliphatic imine (C=N–C) groups is 1. The summed E-state index contributed by atoms with van der Waals surface area (Å²) >= 11 is 0. The van der Waals surface area contributed by atoms with E-state index in [9.17, 15) is 13.2 Å². The molecule has 0 aromatic rings. The van der Waals surface area contributed by atoms with Crippen LogP contribution in [0.4, 0.5) is 13.2 Å². The summed E-state index contributed by atoms with van der Waals surface area (Å²) in [6.45, 7) is 2.44. The summed E-state index contributed by atoms with van der Waals surface area (Å²) in [5.41, 5.74) is 0. The maximum Gasteiger partial charge on any atom is 0.401 e. The van der Waals surface area contributed by atoms with Gasteiger partial charge < -0.3 is 10.6 Å². The fourth-order valence-electron chi connectivity index (χ4n) is 2.73. The van der Waals surface area contributed by atoms with E-state index in [4.69, 9.17) is 0 Å². The first-order valence-electron chi connectivity index (χ1n) is 8.02. The first-order chi connectivity index (χ1) is 10.3. The molecule has 0 aromatic carbocycles. The minimum atomic E-state index is -4.13. The Morgan fingerprint density at radius 1 is 1.22 bits per heavy atom. The summed E-state index contributed by atoms with van der Waals surface area (Å²) in [4.78, 5) is 5.47. The van der Waals surface area contributed by atoms with Gasteiger partial charge in [0.05, 0.1) is 6.54 Å². The SMILES string of the molecule is CN=C(NCCCN(C)CC(F)(F)F)NC1CCC(C)CC1.I. The molecule has 1 rings (SSSR count). The van der Waals surface area contributed by atoms with Crippen molar-refractivity contribution in [1.29, 1.82) is 0 Å². The predicted molar refractivity (Wildman–Crippen MR) is 99.5 cm³/mol. The molecule has 138 valence electrons. The highest BCUT2D eigenvalue weighted by atomic mass is 127. The van der Waals surface area contributed by atoms with Gasteiger partial charge >= 0.3 is 6.18 Å². The van der Waals surface area contributed by atoms with Crippen LogP contribution in [0.1, 0.15) is 39.0 Å². The Morgan fingerprint density at radius 2 is 1.83 bits per heavy atom. The molecule has 0 aromatic heterocycles. The van der Waals surface area contributed by atoms with E-state index >= 15 is 0 Å². The molecule has 1 saturated carbocycles. The Morgan fingerprint density at radius 3 is 2.35 bits per heavy atom. The molecule has 0 unspecified atom stereocenters. The van der Waals surface area contributed by atoms with Crippen molar-refractivity contribution in [2.24, 2.45) is 10.9 Å². The van der Waals surface area contributed by atoms with Crippen molar-refractivity contribution in [3.63, 3.8) is 0 Å². The number of hydrogen-bond donors (Lipinski definition) is 2. The minimum Gasteiger partial charge on any atom is -0.356 e. The van der Waals surface area contributed by atoms with E-state index in [0.29, 0.717) is 25.6 Å². The van der Waals surface area contributed by atoms with E-state index in [1.165, 1.54) is 24.8 Å². The molecule has 23 heavy (non-hydrogen) atoms. The van der Waals surface area contributed by atoms with Crippen molar-refractivity contribution < 1.29 is 13.2 Å². The van der Waals surface area contributed by atoms with Gasteiger partial charge in [-0.2, -0.15) is 13.2 Å². The third-order valence-electron chi connectivity index (χ3n) is 4.04. The molecular weight excluding hydrogens is 420 g/mol. The molecule has 1 fully saturated rings. The molecule has 8 heteroatoms. The summed E-state index contributed by atoms with van der Waals surface area (Å²) in [5, 5.41) is 6.57. The zero-order valence-electron chi connectivity index (χ0n) is 14.2. The largest absolute Gasteiger partial charge is 0.401 e. The summed E-state index contributed by atoms with van der Waals surface area (Å²) in [5.74, 6) is 1.55. The predicted octanol–water partition coefficient (Wildman–Crippen LogP) is 3.23. The molecule has 0 radical (unpaired) electrons. The van der Waals surface area contributed by atoms with Gasteiger partial charge in [0, 0.05) is 19.6 Å². The second kappa shape index (κ2) is 11.3. The van der Waals surface area contributed by atoms with Crippen molar-refractivity contribution in [3.8, 4) is 0 Å². The Hall–Kier alpha value is -0.250. The number of halogens is 4. The lowest BCUT2D eigenvalue weighted by Gasteiger charge is -2.28. The Labute approximate surface area is 154 Å². The van der Waals surface area contributed by atoms with Crippen molar-refractivity contribution in [3.05, 3.63) is 0 Å². The van der Waals surface area contributed by atoms with E-state index in [2.05, 4.69) is 22.5 Å². The van der Waals surface area contributed by atoms with E-state index in [0.717, 1.165) is 24.7 Å². The third-order valence-corrected chi connectivity index (χ3v) is 4.04. The number of rotatable bonds is 6. The van der Waals surface area contributed by atoms with Crippen LogP contribution >= 0.6 is 24.0 Å². The summed E-state index contributed by atoms with van der Waals surface area (Å²) in [6.07, 6.45) is 1.28. The zero-order valence-corrected chi connectivity index (χ0v) is 16.6. The van der Waals surface area contributed by atoms with Gasteiger partial charge in [-0.3, -0.25) is 9.89 Å². The Bertz CT molecular complexity index is 342. The van der Waals surface area contributed by atoms with Crippen LogP contribution in [0.2, 0.25) is 0 Å². The first-order valence-corrected chi connectivity index (χ1v) is 8.02. The van der Waals surface area contributed by atoms with Crippen LogP contribution < -0.4 is 10.6 Å². The van der Waals surface area contributed by atoms with Crippen LogP contribution in [0.5, 0.6) is 0 Å². The lowest BCUT2D eigenvalue weighted by atomic mass is 9.87. The third kappa shape index (κ3) is 11.0. The molecule has 0 bridgehead atoms. The lowest BCUT2D eigenvalue weighted by Crippen LogP contribution is -2.45. The van der Waals surface area contributed by atoms with Gasteiger partial charge in [-0.25, -0.2) is 0 Å². The first kappa shape index (κ1) is 22.8. The van der Waals surface area contributed by atoms with Crippen LogP contribution in [-0.4, -0.2) is 56.8 Å². The van der Waals surface area contributed by atoms with Crippen LogP contribution in [-0.2, 0) is 0 Å². The van der Waals surface area contributed by atoms with Gasteiger partial charge in [-0.15, -0.1) is 24.0 Å². The smallest absolute Gasteiger partial charge is 0.356 e. The van der Waals surface area contributed by atoms with E-state index in [1.54, 1.807) is 7.05 Å². The van der Waals surface area contributed by atoms with Gasteiger partial charge in [0.15, 0.2) is 5.96 Å². The maximum atomic E-state index is 12.2. The second-order valence-corrected chi connectivity index (χ2v) is 6.31. The lowest BCUT2D eigenvalue weighted by molar-refractivity contribution is -0.143. The number of alkyl halides is 3. The van der Waals surface area contributed by atoms with Crippen molar-refractivity contribution >= 4 is 29.9 Å². The topological polar surface area (TPSA) is 39.7 Å². The van der Waals surface area contributed by atoms with Crippen molar-refractivity contribution in [2.75, 3.05) is 33.7 Å². The zero-order chi connectivity index (χ0) is 16.6. The molecule has 1 aliphatic rings.